The molecule has 1 atom stereocenters. The van der Waals surface area contributed by atoms with Crippen LogP contribution >= 0.6 is 22.6 Å². The van der Waals surface area contributed by atoms with Crippen LogP contribution in [0, 0.1) is 3.57 Å². The molecule has 0 aliphatic carbocycles. The normalized spacial score (nSPS) is 21.4. The highest BCUT2D eigenvalue weighted by atomic mass is 127. The molecule has 1 saturated heterocycles. The lowest BCUT2D eigenvalue weighted by Crippen LogP contribution is -2.43. The molecule has 1 heterocycles. The standard InChI is InChI=1S/C12H18IN3O/c1-16-4-5-17-10(8-16)7-15-12-3-2-9(14)6-11(12)13/h2-3,6,10,15H,4-5,7-8,14H2,1H3. The van der Waals surface area contributed by atoms with Crippen LogP contribution in [0.2, 0.25) is 0 Å². The lowest BCUT2D eigenvalue weighted by molar-refractivity contribution is -0.0117. The van der Waals surface area contributed by atoms with Gasteiger partial charge in [-0.1, -0.05) is 0 Å². The molecular weight excluding hydrogens is 329 g/mol. The lowest BCUT2D eigenvalue weighted by Gasteiger charge is -2.30. The van der Waals surface area contributed by atoms with Gasteiger partial charge in [-0.15, -0.1) is 0 Å². The van der Waals surface area contributed by atoms with E-state index in [1.165, 1.54) is 0 Å². The van der Waals surface area contributed by atoms with Gasteiger partial charge in [0, 0.05) is 34.6 Å². The number of benzene rings is 1. The van der Waals surface area contributed by atoms with Crippen molar-refractivity contribution >= 4 is 34.0 Å². The lowest BCUT2D eigenvalue weighted by atomic mass is 10.2. The fraction of sp³-hybridized carbons (Fsp3) is 0.500. The SMILES string of the molecule is CN1CCOC(CNc2ccc(N)cc2I)C1. The van der Waals surface area contributed by atoms with Gasteiger partial charge in [-0.3, -0.25) is 0 Å². The van der Waals surface area contributed by atoms with Crippen molar-refractivity contribution in [3.63, 3.8) is 0 Å². The fourth-order valence-corrected chi connectivity index (χ4v) is 2.62. The van der Waals surface area contributed by atoms with Crippen LogP contribution in [-0.4, -0.2) is 44.3 Å². The van der Waals surface area contributed by atoms with E-state index in [1.54, 1.807) is 0 Å². The Morgan fingerprint density at radius 2 is 2.41 bits per heavy atom. The molecule has 3 N–H and O–H groups in total. The highest BCUT2D eigenvalue weighted by molar-refractivity contribution is 14.1. The number of likely N-dealkylation sites (N-methyl/N-ethyl adjacent to an activating group) is 1. The van der Waals surface area contributed by atoms with E-state index in [-0.39, 0.29) is 6.10 Å². The Balaban J connectivity index is 1.88. The van der Waals surface area contributed by atoms with Gasteiger partial charge in [0.2, 0.25) is 0 Å². The highest BCUT2D eigenvalue weighted by Gasteiger charge is 2.17. The molecule has 94 valence electrons. The van der Waals surface area contributed by atoms with Gasteiger partial charge in [-0.25, -0.2) is 0 Å². The number of halogens is 1. The second-order valence-electron chi connectivity index (χ2n) is 4.38. The molecule has 2 rings (SSSR count). The van der Waals surface area contributed by atoms with Gasteiger partial charge in [-0.2, -0.15) is 0 Å². The highest BCUT2D eigenvalue weighted by Crippen LogP contribution is 2.20. The average Bonchev–Trinajstić information content (AvgIpc) is 2.28. The van der Waals surface area contributed by atoms with E-state index in [0.29, 0.717) is 0 Å². The molecule has 0 aromatic heterocycles. The van der Waals surface area contributed by atoms with Crippen molar-refractivity contribution < 1.29 is 4.74 Å². The van der Waals surface area contributed by atoms with Gasteiger partial charge in [0.15, 0.2) is 0 Å². The third kappa shape index (κ3) is 3.72. The number of anilines is 2. The summed E-state index contributed by atoms with van der Waals surface area (Å²) in [4.78, 5) is 2.30. The van der Waals surface area contributed by atoms with Crippen LogP contribution in [0.15, 0.2) is 18.2 Å². The van der Waals surface area contributed by atoms with Crippen molar-refractivity contribution in [2.24, 2.45) is 0 Å². The maximum Gasteiger partial charge on any atom is 0.0874 e. The zero-order chi connectivity index (χ0) is 12.3. The molecule has 1 aliphatic heterocycles. The van der Waals surface area contributed by atoms with E-state index >= 15 is 0 Å². The van der Waals surface area contributed by atoms with Crippen LogP contribution in [-0.2, 0) is 4.74 Å². The van der Waals surface area contributed by atoms with E-state index in [0.717, 1.165) is 41.2 Å². The van der Waals surface area contributed by atoms with Crippen LogP contribution in [0.3, 0.4) is 0 Å². The van der Waals surface area contributed by atoms with E-state index in [4.69, 9.17) is 10.5 Å². The molecule has 1 aromatic rings. The second kappa shape index (κ2) is 5.88. The number of nitrogens with zero attached hydrogens (tertiary/aromatic N) is 1. The second-order valence-corrected chi connectivity index (χ2v) is 5.54. The summed E-state index contributed by atoms with van der Waals surface area (Å²) >= 11 is 2.29. The topological polar surface area (TPSA) is 50.5 Å². The fourth-order valence-electron chi connectivity index (χ4n) is 1.89. The maximum absolute atomic E-state index is 5.72. The zero-order valence-electron chi connectivity index (χ0n) is 9.95. The summed E-state index contributed by atoms with van der Waals surface area (Å²) in [5.74, 6) is 0. The summed E-state index contributed by atoms with van der Waals surface area (Å²) in [6, 6.07) is 5.90. The predicted octanol–water partition coefficient (Wildman–Crippen LogP) is 1.62. The summed E-state index contributed by atoms with van der Waals surface area (Å²) in [5.41, 5.74) is 7.64. The van der Waals surface area contributed by atoms with Crippen molar-refractivity contribution in [3.05, 3.63) is 21.8 Å². The van der Waals surface area contributed by atoms with Crippen molar-refractivity contribution in [2.45, 2.75) is 6.10 Å². The molecule has 1 aromatic carbocycles. The number of rotatable bonds is 3. The third-order valence-electron chi connectivity index (χ3n) is 2.86. The molecule has 0 bridgehead atoms. The minimum Gasteiger partial charge on any atom is -0.399 e. The Bertz CT molecular complexity index is 386. The Kier molecular flexibility index (Phi) is 4.47. The third-order valence-corrected chi connectivity index (χ3v) is 3.75. The molecule has 0 radical (unpaired) electrons. The van der Waals surface area contributed by atoms with Crippen LogP contribution in [0.1, 0.15) is 0 Å². The molecule has 0 spiro atoms. The monoisotopic (exact) mass is 347 g/mol. The van der Waals surface area contributed by atoms with Gasteiger partial charge in [0.25, 0.3) is 0 Å². The van der Waals surface area contributed by atoms with Crippen LogP contribution in [0.4, 0.5) is 11.4 Å². The first-order valence-corrected chi connectivity index (χ1v) is 6.82. The smallest absolute Gasteiger partial charge is 0.0874 e. The Labute approximate surface area is 116 Å². The van der Waals surface area contributed by atoms with Crippen molar-refractivity contribution in [2.75, 3.05) is 44.3 Å². The number of nitrogens with one attached hydrogen (secondary N) is 1. The Hall–Kier alpha value is -0.530. The first-order valence-electron chi connectivity index (χ1n) is 5.74. The number of nitrogen functional groups attached to an aromatic ring is 1. The molecule has 1 aliphatic rings. The van der Waals surface area contributed by atoms with Crippen LogP contribution in [0.25, 0.3) is 0 Å². The number of hydrogen-bond donors (Lipinski definition) is 2. The average molecular weight is 347 g/mol. The first kappa shape index (κ1) is 12.9. The molecule has 1 unspecified atom stereocenters. The van der Waals surface area contributed by atoms with E-state index in [1.807, 2.05) is 18.2 Å². The first-order chi connectivity index (χ1) is 8.15. The summed E-state index contributed by atoms with van der Waals surface area (Å²) in [7, 11) is 2.13. The number of ether oxygens (including phenoxy) is 1. The Morgan fingerprint density at radius 1 is 1.59 bits per heavy atom. The minimum absolute atomic E-state index is 0.266. The molecule has 0 amide bonds. The Morgan fingerprint density at radius 3 is 3.12 bits per heavy atom. The zero-order valence-corrected chi connectivity index (χ0v) is 12.1. The maximum atomic E-state index is 5.72. The summed E-state index contributed by atoms with van der Waals surface area (Å²) < 4.78 is 6.85. The minimum atomic E-state index is 0.266. The van der Waals surface area contributed by atoms with Gasteiger partial charge in [-0.05, 0) is 47.8 Å². The van der Waals surface area contributed by atoms with Gasteiger partial charge < -0.3 is 20.7 Å². The van der Waals surface area contributed by atoms with Gasteiger partial charge in [0.1, 0.15) is 0 Å². The van der Waals surface area contributed by atoms with Crippen molar-refractivity contribution in [3.8, 4) is 0 Å². The van der Waals surface area contributed by atoms with Crippen LogP contribution in [0.5, 0.6) is 0 Å². The van der Waals surface area contributed by atoms with Gasteiger partial charge in [0.05, 0.1) is 12.7 Å². The molecular formula is C12H18IN3O. The predicted molar refractivity (Wildman–Crippen MR) is 79.3 cm³/mol. The van der Waals surface area contributed by atoms with Crippen LogP contribution < -0.4 is 11.1 Å². The van der Waals surface area contributed by atoms with E-state index in [2.05, 4.69) is 39.9 Å². The van der Waals surface area contributed by atoms with Crippen molar-refractivity contribution in [1.29, 1.82) is 0 Å². The molecule has 17 heavy (non-hydrogen) atoms. The quantitative estimate of drug-likeness (QED) is 0.645. The molecule has 0 saturated carbocycles. The summed E-state index contributed by atoms with van der Waals surface area (Å²) in [5, 5.41) is 3.42. The number of morpholine rings is 1. The number of nitrogens with two attached hydrogens (primary N) is 1. The molecule has 1 fully saturated rings. The van der Waals surface area contributed by atoms with E-state index in [9.17, 15) is 0 Å². The van der Waals surface area contributed by atoms with Gasteiger partial charge >= 0.3 is 0 Å². The molecule has 5 heteroatoms. The van der Waals surface area contributed by atoms with Crippen molar-refractivity contribution in [1.82, 2.24) is 4.90 Å². The summed E-state index contributed by atoms with van der Waals surface area (Å²) in [6.07, 6.45) is 0.266. The summed E-state index contributed by atoms with van der Waals surface area (Å²) in [6.45, 7) is 3.67. The molecule has 4 nitrogen and oxygen atoms in total. The van der Waals surface area contributed by atoms with E-state index < -0.39 is 0 Å². The number of hydrogen-bond acceptors (Lipinski definition) is 4. The largest absolute Gasteiger partial charge is 0.399 e.